The first-order valence-corrected chi connectivity index (χ1v) is 6.30. The summed E-state index contributed by atoms with van der Waals surface area (Å²) in [5.74, 6) is 1.60. The lowest BCUT2D eigenvalue weighted by molar-refractivity contribution is 0.582. The van der Waals surface area contributed by atoms with E-state index in [4.69, 9.17) is 5.26 Å². The van der Waals surface area contributed by atoms with Gasteiger partial charge in [0.2, 0.25) is 5.95 Å². The van der Waals surface area contributed by atoms with Crippen LogP contribution in [0, 0.1) is 24.2 Å². The van der Waals surface area contributed by atoms with Gasteiger partial charge >= 0.3 is 0 Å². The highest BCUT2D eigenvalue weighted by Gasteiger charge is 2.39. The van der Waals surface area contributed by atoms with E-state index in [1.165, 1.54) is 25.7 Å². The Morgan fingerprint density at radius 2 is 2.18 bits per heavy atom. The van der Waals surface area contributed by atoms with Crippen LogP contribution in [0.4, 0.5) is 5.95 Å². The van der Waals surface area contributed by atoms with Crippen LogP contribution in [0.1, 0.15) is 37.1 Å². The van der Waals surface area contributed by atoms with E-state index in [-0.39, 0.29) is 0 Å². The second-order valence-corrected chi connectivity index (χ2v) is 5.05. The van der Waals surface area contributed by atoms with E-state index in [2.05, 4.69) is 20.9 Å². The Bertz CT molecular complexity index is 473. The summed E-state index contributed by atoms with van der Waals surface area (Å²) < 4.78 is 0. The van der Waals surface area contributed by atoms with Crippen molar-refractivity contribution in [3.8, 4) is 6.07 Å². The van der Waals surface area contributed by atoms with Crippen LogP contribution in [0.15, 0.2) is 6.07 Å². The van der Waals surface area contributed by atoms with Crippen LogP contribution in [0.3, 0.4) is 0 Å². The number of hydrogen-bond acceptors (Lipinski definition) is 4. The first kappa shape index (κ1) is 10.5. The van der Waals surface area contributed by atoms with Gasteiger partial charge in [-0.3, -0.25) is 0 Å². The molecule has 4 heteroatoms. The minimum Gasteiger partial charge on any atom is -0.338 e. The highest BCUT2D eigenvalue weighted by Crippen LogP contribution is 2.41. The Balaban J connectivity index is 1.92. The summed E-state index contributed by atoms with van der Waals surface area (Å²) in [7, 11) is 0. The van der Waals surface area contributed by atoms with Crippen molar-refractivity contribution < 1.29 is 0 Å². The van der Waals surface area contributed by atoms with Gasteiger partial charge in [0.1, 0.15) is 11.8 Å². The zero-order valence-electron chi connectivity index (χ0n) is 10.1. The van der Waals surface area contributed by atoms with Gasteiger partial charge in [0.25, 0.3) is 0 Å². The van der Waals surface area contributed by atoms with Gasteiger partial charge in [0, 0.05) is 18.3 Å². The van der Waals surface area contributed by atoms with Crippen molar-refractivity contribution in [1.29, 1.82) is 5.26 Å². The molecule has 1 aliphatic carbocycles. The largest absolute Gasteiger partial charge is 0.338 e. The Morgan fingerprint density at radius 3 is 2.88 bits per heavy atom. The van der Waals surface area contributed by atoms with E-state index in [1.54, 1.807) is 6.07 Å². The lowest BCUT2D eigenvalue weighted by Crippen LogP contribution is -2.32. The fourth-order valence-corrected chi connectivity index (χ4v) is 2.75. The molecule has 88 valence electrons. The first-order chi connectivity index (χ1) is 8.28. The molecule has 0 aromatic carbocycles. The van der Waals surface area contributed by atoms with Crippen molar-refractivity contribution in [1.82, 2.24) is 9.97 Å². The van der Waals surface area contributed by atoms with Crippen LogP contribution < -0.4 is 4.90 Å². The minimum absolute atomic E-state index is 0.481. The molecule has 3 rings (SSSR count). The van der Waals surface area contributed by atoms with Gasteiger partial charge in [-0.15, -0.1) is 0 Å². The predicted octanol–water partition coefficient (Wildman–Crippen LogP) is 2.04. The molecule has 0 spiro atoms. The van der Waals surface area contributed by atoms with E-state index in [9.17, 15) is 0 Å². The van der Waals surface area contributed by atoms with Crippen LogP contribution in [-0.4, -0.2) is 22.6 Å². The Hall–Kier alpha value is -1.63. The molecule has 2 fully saturated rings. The summed E-state index contributed by atoms with van der Waals surface area (Å²) in [5, 5.41) is 8.96. The highest BCUT2D eigenvalue weighted by atomic mass is 15.3. The van der Waals surface area contributed by atoms with Gasteiger partial charge in [0.05, 0.1) is 0 Å². The van der Waals surface area contributed by atoms with E-state index in [0.29, 0.717) is 11.7 Å². The fraction of sp³-hybridized carbons (Fsp3) is 0.615. The third kappa shape index (κ3) is 1.97. The van der Waals surface area contributed by atoms with Crippen LogP contribution >= 0.6 is 0 Å². The summed E-state index contributed by atoms with van der Waals surface area (Å²) in [5.41, 5.74) is 1.36. The molecule has 1 atom stereocenters. The average Bonchev–Trinajstić information content (AvgIpc) is 3.06. The Morgan fingerprint density at radius 1 is 1.35 bits per heavy atom. The third-order valence-corrected chi connectivity index (χ3v) is 3.68. The zero-order chi connectivity index (χ0) is 11.8. The fourth-order valence-electron chi connectivity index (χ4n) is 2.75. The molecule has 1 unspecified atom stereocenters. The van der Waals surface area contributed by atoms with Crippen molar-refractivity contribution in [2.75, 3.05) is 11.4 Å². The molecule has 2 aliphatic rings. The summed E-state index contributed by atoms with van der Waals surface area (Å²) >= 11 is 0. The van der Waals surface area contributed by atoms with Gasteiger partial charge in [-0.25, -0.2) is 9.97 Å². The van der Waals surface area contributed by atoms with Gasteiger partial charge in [-0.2, -0.15) is 5.26 Å². The van der Waals surface area contributed by atoms with Crippen molar-refractivity contribution in [2.24, 2.45) is 5.92 Å². The lowest BCUT2D eigenvalue weighted by Gasteiger charge is -2.24. The van der Waals surface area contributed by atoms with Gasteiger partial charge in [-0.05, 0) is 44.6 Å². The molecule has 0 bridgehead atoms. The Labute approximate surface area is 101 Å². The maximum absolute atomic E-state index is 8.96. The van der Waals surface area contributed by atoms with E-state index < -0.39 is 0 Å². The molecule has 1 aromatic rings. The first-order valence-electron chi connectivity index (χ1n) is 6.30. The van der Waals surface area contributed by atoms with E-state index in [1.807, 2.05) is 6.92 Å². The molecule has 2 heterocycles. The number of aryl methyl sites for hydroxylation is 1. The lowest BCUT2D eigenvalue weighted by atomic mass is 10.1. The Kier molecular flexibility index (Phi) is 2.47. The molecule has 1 aliphatic heterocycles. The number of aromatic nitrogens is 2. The monoisotopic (exact) mass is 228 g/mol. The standard InChI is InChI=1S/C13H16N4/c1-9-7-11(8-14)16-13(15-9)17-6-2-3-12(17)10-4-5-10/h7,10,12H,2-6H2,1H3. The van der Waals surface area contributed by atoms with Crippen LogP contribution in [0.25, 0.3) is 0 Å². The van der Waals surface area contributed by atoms with Crippen molar-refractivity contribution in [3.05, 3.63) is 17.5 Å². The molecule has 1 saturated carbocycles. The van der Waals surface area contributed by atoms with E-state index in [0.717, 1.165) is 24.1 Å². The number of rotatable bonds is 2. The number of nitrogens with zero attached hydrogens (tertiary/aromatic N) is 4. The second kappa shape index (κ2) is 3.99. The second-order valence-electron chi connectivity index (χ2n) is 5.05. The molecule has 0 N–H and O–H groups in total. The van der Waals surface area contributed by atoms with Gasteiger partial charge in [-0.1, -0.05) is 0 Å². The number of anilines is 1. The molecule has 1 aromatic heterocycles. The molecular weight excluding hydrogens is 212 g/mol. The SMILES string of the molecule is Cc1cc(C#N)nc(N2CCCC2C2CC2)n1. The zero-order valence-corrected chi connectivity index (χ0v) is 10.1. The summed E-state index contributed by atoms with van der Waals surface area (Å²) in [6, 6.07) is 4.47. The third-order valence-electron chi connectivity index (χ3n) is 3.68. The summed E-state index contributed by atoms with van der Waals surface area (Å²) in [4.78, 5) is 11.1. The molecule has 4 nitrogen and oxygen atoms in total. The highest BCUT2D eigenvalue weighted by molar-refractivity contribution is 5.39. The van der Waals surface area contributed by atoms with Crippen molar-refractivity contribution in [2.45, 2.75) is 38.6 Å². The maximum Gasteiger partial charge on any atom is 0.227 e. The average molecular weight is 228 g/mol. The van der Waals surface area contributed by atoms with Crippen molar-refractivity contribution in [3.63, 3.8) is 0 Å². The number of hydrogen-bond donors (Lipinski definition) is 0. The molecule has 0 amide bonds. The normalized spacial score (nSPS) is 23.8. The summed E-state index contributed by atoms with van der Waals surface area (Å²) in [6.45, 7) is 2.96. The van der Waals surface area contributed by atoms with Crippen LogP contribution in [0.5, 0.6) is 0 Å². The molecule has 0 radical (unpaired) electrons. The van der Waals surface area contributed by atoms with Gasteiger partial charge in [0.15, 0.2) is 0 Å². The molecule has 1 saturated heterocycles. The smallest absolute Gasteiger partial charge is 0.227 e. The maximum atomic E-state index is 8.96. The minimum atomic E-state index is 0.481. The van der Waals surface area contributed by atoms with Crippen LogP contribution in [-0.2, 0) is 0 Å². The van der Waals surface area contributed by atoms with Crippen molar-refractivity contribution >= 4 is 5.95 Å². The number of nitriles is 1. The molecular formula is C13H16N4. The van der Waals surface area contributed by atoms with Gasteiger partial charge < -0.3 is 4.90 Å². The van der Waals surface area contributed by atoms with E-state index >= 15 is 0 Å². The predicted molar refractivity (Wildman–Crippen MR) is 64.6 cm³/mol. The summed E-state index contributed by atoms with van der Waals surface area (Å²) in [6.07, 6.45) is 5.17. The molecule has 17 heavy (non-hydrogen) atoms. The van der Waals surface area contributed by atoms with Crippen LogP contribution in [0.2, 0.25) is 0 Å². The quantitative estimate of drug-likeness (QED) is 0.777. The topological polar surface area (TPSA) is 52.8 Å².